The lowest BCUT2D eigenvalue weighted by Gasteiger charge is -2.27. The fraction of sp³-hybridized carbons (Fsp3) is 0.250. The van der Waals surface area contributed by atoms with E-state index in [0.29, 0.717) is 6.04 Å². The second kappa shape index (κ2) is 5.25. The molecule has 0 aromatic heterocycles. The van der Waals surface area contributed by atoms with Crippen molar-refractivity contribution in [3.8, 4) is 0 Å². The highest BCUT2D eigenvalue weighted by Crippen LogP contribution is 2.36. The normalized spacial score (nSPS) is 18.8. The maximum absolute atomic E-state index is 5.91. The van der Waals surface area contributed by atoms with Crippen molar-refractivity contribution in [3.05, 3.63) is 58.6 Å². The molecule has 2 aromatic carbocycles. The molecule has 1 unspecified atom stereocenters. The molecule has 0 spiro atoms. The molecular weight excluding hydrogens is 300 g/mol. The number of nitrogen functional groups attached to an aromatic ring is 1. The Kier molecular flexibility index (Phi) is 3.47. The van der Waals surface area contributed by atoms with E-state index in [0.717, 1.165) is 16.7 Å². The van der Waals surface area contributed by atoms with Gasteiger partial charge in [-0.05, 0) is 54.8 Å². The van der Waals surface area contributed by atoms with Crippen LogP contribution in [0, 0.1) is 0 Å². The number of nitrogens with two attached hydrogens (primary N) is 1. The zero-order chi connectivity index (χ0) is 13.2. The van der Waals surface area contributed by atoms with Crippen LogP contribution in [0.1, 0.15) is 24.4 Å². The number of halogens is 1. The summed E-state index contributed by atoms with van der Waals surface area (Å²) in [5, 5.41) is 0. The molecule has 1 heterocycles. The van der Waals surface area contributed by atoms with E-state index in [1.165, 1.54) is 24.1 Å². The summed E-state index contributed by atoms with van der Waals surface area (Å²) >= 11 is 3.49. The van der Waals surface area contributed by atoms with Crippen LogP contribution in [-0.2, 0) is 0 Å². The van der Waals surface area contributed by atoms with Gasteiger partial charge in [0.15, 0.2) is 0 Å². The van der Waals surface area contributed by atoms with Crippen LogP contribution in [0.15, 0.2) is 53.0 Å². The highest BCUT2D eigenvalue weighted by Gasteiger charge is 2.26. The third kappa shape index (κ3) is 2.61. The van der Waals surface area contributed by atoms with E-state index in [4.69, 9.17) is 5.73 Å². The molecule has 0 saturated carbocycles. The number of hydrogen-bond acceptors (Lipinski definition) is 2. The number of anilines is 2. The van der Waals surface area contributed by atoms with Gasteiger partial charge in [0.2, 0.25) is 0 Å². The first-order chi connectivity index (χ1) is 9.24. The predicted octanol–water partition coefficient (Wildman–Crippen LogP) is 4.37. The Bertz CT molecular complexity index is 565. The summed E-state index contributed by atoms with van der Waals surface area (Å²) in [7, 11) is 0. The van der Waals surface area contributed by atoms with Crippen LogP contribution < -0.4 is 10.6 Å². The van der Waals surface area contributed by atoms with Crippen LogP contribution in [0.25, 0.3) is 0 Å². The molecule has 2 aromatic rings. The van der Waals surface area contributed by atoms with Crippen molar-refractivity contribution in [1.82, 2.24) is 0 Å². The van der Waals surface area contributed by atoms with Gasteiger partial charge in [-0.1, -0.05) is 28.1 Å². The van der Waals surface area contributed by atoms with Gasteiger partial charge in [0, 0.05) is 22.4 Å². The average Bonchev–Trinajstić information content (AvgIpc) is 2.89. The molecule has 1 saturated heterocycles. The molecule has 1 aliphatic heterocycles. The van der Waals surface area contributed by atoms with Gasteiger partial charge in [-0.15, -0.1) is 0 Å². The Morgan fingerprint density at radius 2 is 1.89 bits per heavy atom. The maximum atomic E-state index is 5.91. The predicted molar refractivity (Wildman–Crippen MR) is 84.3 cm³/mol. The molecule has 98 valence electrons. The van der Waals surface area contributed by atoms with Crippen molar-refractivity contribution >= 4 is 27.3 Å². The van der Waals surface area contributed by atoms with Crippen LogP contribution in [0.2, 0.25) is 0 Å². The smallest absolute Gasteiger partial charge is 0.0543 e. The summed E-state index contributed by atoms with van der Waals surface area (Å²) in [5.74, 6) is 0. The zero-order valence-electron chi connectivity index (χ0n) is 10.7. The van der Waals surface area contributed by atoms with Gasteiger partial charge in [0.05, 0.1) is 6.04 Å². The van der Waals surface area contributed by atoms with Gasteiger partial charge in [0.1, 0.15) is 0 Å². The SMILES string of the molecule is Nc1cccc(C2CCCN2c2ccc(Br)cc2)c1. The van der Waals surface area contributed by atoms with Crippen molar-refractivity contribution in [1.29, 1.82) is 0 Å². The van der Waals surface area contributed by atoms with E-state index in [1.807, 2.05) is 12.1 Å². The summed E-state index contributed by atoms with van der Waals surface area (Å²) < 4.78 is 1.12. The summed E-state index contributed by atoms with van der Waals surface area (Å²) in [5.41, 5.74) is 9.36. The summed E-state index contributed by atoms with van der Waals surface area (Å²) in [4.78, 5) is 2.47. The summed E-state index contributed by atoms with van der Waals surface area (Å²) in [6.45, 7) is 1.11. The van der Waals surface area contributed by atoms with E-state index in [9.17, 15) is 0 Å². The van der Waals surface area contributed by atoms with Crippen molar-refractivity contribution in [3.63, 3.8) is 0 Å². The van der Waals surface area contributed by atoms with Gasteiger partial charge in [0.25, 0.3) is 0 Å². The first-order valence-corrected chi connectivity index (χ1v) is 7.41. The van der Waals surface area contributed by atoms with E-state index < -0.39 is 0 Å². The van der Waals surface area contributed by atoms with E-state index in [-0.39, 0.29) is 0 Å². The van der Waals surface area contributed by atoms with Gasteiger partial charge in [-0.25, -0.2) is 0 Å². The second-order valence-corrected chi connectivity index (χ2v) is 5.91. The molecule has 0 amide bonds. The molecule has 3 rings (SSSR count). The zero-order valence-corrected chi connectivity index (χ0v) is 12.3. The highest BCUT2D eigenvalue weighted by atomic mass is 79.9. The molecule has 1 fully saturated rings. The monoisotopic (exact) mass is 316 g/mol. The largest absolute Gasteiger partial charge is 0.399 e. The lowest BCUT2D eigenvalue weighted by molar-refractivity contribution is 0.719. The van der Waals surface area contributed by atoms with E-state index in [2.05, 4.69) is 57.2 Å². The maximum Gasteiger partial charge on any atom is 0.0543 e. The van der Waals surface area contributed by atoms with Crippen molar-refractivity contribution in [2.24, 2.45) is 0 Å². The van der Waals surface area contributed by atoms with Crippen molar-refractivity contribution in [2.45, 2.75) is 18.9 Å². The van der Waals surface area contributed by atoms with Crippen LogP contribution >= 0.6 is 15.9 Å². The number of benzene rings is 2. The van der Waals surface area contributed by atoms with Gasteiger partial charge in [-0.2, -0.15) is 0 Å². The van der Waals surface area contributed by atoms with Gasteiger partial charge < -0.3 is 10.6 Å². The average molecular weight is 317 g/mol. The molecule has 0 aliphatic carbocycles. The van der Waals surface area contributed by atoms with Gasteiger partial charge >= 0.3 is 0 Å². The fourth-order valence-corrected chi connectivity index (χ4v) is 3.09. The first-order valence-electron chi connectivity index (χ1n) is 6.62. The minimum atomic E-state index is 0.449. The fourth-order valence-electron chi connectivity index (χ4n) is 2.82. The Morgan fingerprint density at radius 1 is 1.11 bits per heavy atom. The summed E-state index contributed by atoms with van der Waals surface area (Å²) in [6.07, 6.45) is 2.43. The van der Waals surface area contributed by atoms with Crippen LogP contribution in [0.4, 0.5) is 11.4 Å². The topological polar surface area (TPSA) is 29.3 Å². The van der Waals surface area contributed by atoms with E-state index >= 15 is 0 Å². The third-order valence-corrected chi connectivity index (χ3v) is 4.24. The Morgan fingerprint density at radius 3 is 2.63 bits per heavy atom. The third-order valence-electron chi connectivity index (χ3n) is 3.71. The number of hydrogen-bond donors (Lipinski definition) is 1. The van der Waals surface area contributed by atoms with E-state index in [1.54, 1.807) is 0 Å². The Balaban J connectivity index is 1.91. The molecule has 1 aliphatic rings. The Labute approximate surface area is 122 Å². The minimum Gasteiger partial charge on any atom is -0.399 e. The van der Waals surface area contributed by atoms with Crippen LogP contribution in [0.3, 0.4) is 0 Å². The van der Waals surface area contributed by atoms with Gasteiger partial charge in [-0.3, -0.25) is 0 Å². The number of rotatable bonds is 2. The van der Waals surface area contributed by atoms with Crippen molar-refractivity contribution < 1.29 is 0 Å². The standard InChI is InChI=1S/C16H17BrN2/c17-13-6-8-15(9-7-13)19-10-2-5-16(19)12-3-1-4-14(18)11-12/h1,3-4,6-9,11,16H,2,5,10,18H2. The molecule has 0 radical (unpaired) electrons. The lowest BCUT2D eigenvalue weighted by Crippen LogP contribution is -2.22. The summed E-state index contributed by atoms with van der Waals surface area (Å²) in [6, 6.07) is 17.3. The molecule has 0 bridgehead atoms. The molecule has 2 N–H and O–H groups in total. The quantitative estimate of drug-likeness (QED) is 0.833. The first kappa shape index (κ1) is 12.5. The van der Waals surface area contributed by atoms with Crippen molar-refractivity contribution in [2.75, 3.05) is 17.2 Å². The number of nitrogens with zero attached hydrogens (tertiary/aromatic N) is 1. The molecular formula is C16H17BrN2. The molecule has 3 heteroatoms. The molecule has 2 nitrogen and oxygen atoms in total. The van der Waals surface area contributed by atoms with Crippen LogP contribution in [0.5, 0.6) is 0 Å². The van der Waals surface area contributed by atoms with Crippen LogP contribution in [-0.4, -0.2) is 6.54 Å². The lowest BCUT2D eigenvalue weighted by atomic mass is 10.0. The molecule has 19 heavy (non-hydrogen) atoms. The minimum absolute atomic E-state index is 0.449. The highest BCUT2D eigenvalue weighted by molar-refractivity contribution is 9.10. The Hall–Kier alpha value is -1.48. The molecule has 1 atom stereocenters. The second-order valence-electron chi connectivity index (χ2n) is 5.00.